The Morgan fingerprint density at radius 3 is 2.69 bits per heavy atom. The van der Waals surface area contributed by atoms with E-state index in [9.17, 15) is 4.79 Å². The Labute approximate surface area is 110 Å². The zero-order chi connectivity index (χ0) is 12.1. The highest BCUT2D eigenvalue weighted by atomic mass is 127. The molecule has 1 rings (SSSR count). The molecule has 0 bridgehead atoms. The highest BCUT2D eigenvalue weighted by molar-refractivity contribution is 14.1. The van der Waals surface area contributed by atoms with E-state index in [1.807, 2.05) is 0 Å². The van der Waals surface area contributed by atoms with Gasteiger partial charge in [0.25, 0.3) is 0 Å². The normalized spacial score (nSPS) is 10.2. The second-order valence-corrected chi connectivity index (χ2v) is 5.04. The van der Waals surface area contributed by atoms with Gasteiger partial charge in [-0.1, -0.05) is 17.7 Å². The van der Waals surface area contributed by atoms with E-state index in [-0.39, 0.29) is 6.42 Å². The van der Waals surface area contributed by atoms with Crippen LogP contribution in [0.15, 0.2) is 18.2 Å². The third-order valence-corrected chi connectivity index (χ3v) is 3.36. The quantitative estimate of drug-likeness (QED) is 0.664. The minimum absolute atomic E-state index is 0.227. The van der Waals surface area contributed by atoms with Crippen molar-refractivity contribution in [3.8, 4) is 0 Å². The first-order valence-electron chi connectivity index (χ1n) is 5.23. The minimum atomic E-state index is -0.731. The van der Waals surface area contributed by atoms with Crippen LogP contribution in [0.4, 0.5) is 5.69 Å². The van der Waals surface area contributed by atoms with Gasteiger partial charge in [-0.25, -0.2) is 0 Å². The van der Waals surface area contributed by atoms with Crippen molar-refractivity contribution in [3.63, 3.8) is 0 Å². The molecule has 0 aliphatic carbocycles. The van der Waals surface area contributed by atoms with Crippen LogP contribution in [0.1, 0.15) is 24.0 Å². The summed E-state index contributed by atoms with van der Waals surface area (Å²) in [6.45, 7) is 4.90. The molecule has 0 fully saturated rings. The average Bonchev–Trinajstić information content (AvgIpc) is 2.16. The molecule has 16 heavy (non-hydrogen) atoms. The lowest BCUT2D eigenvalue weighted by molar-refractivity contribution is -0.137. The number of aliphatic carboxylic acids is 1. The van der Waals surface area contributed by atoms with Crippen molar-refractivity contribution in [1.82, 2.24) is 0 Å². The van der Waals surface area contributed by atoms with Gasteiger partial charge in [0, 0.05) is 18.7 Å². The fourth-order valence-electron chi connectivity index (χ4n) is 1.57. The monoisotopic (exact) mass is 333 g/mol. The first-order valence-corrected chi connectivity index (χ1v) is 6.19. The van der Waals surface area contributed by atoms with Crippen molar-refractivity contribution in [2.75, 3.05) is 9.66 Å². The van der Waals surface area contributed by atoms with Crippen LogP contribution in [0.3, 0.4) is 0 Å². The minimum Gasteiger partial charge on any atom is -0.481 e. The molecule has 1 N–H and O–H groups in total. The molecule has 88 valence electrons. The summed E-state index contributed by atoms with van der Waals surface area (Å²) in [5.41, 5.74) is 3.64. The summed E-state index contributed by atoms with van der Waals surface area (Å²) in [7, 11) is 0. The first-order chi connectivity index (χ1) is 7.50. The molecule has 0 aromatic heterocycles. The van der Waals surface area contributed by atoms with Crippen molar-refractivity contribution in [1.29, 1.82) is 0 Å². The molecule has 0 heterocycles. The molecule has 0 saturated carbocycles. The van der Waals surface area contributed by atoms with Gasteiger partial charge in [0.15, 0.2) is 0 Å². The van der Waals surface area contributed by atoms with Crippen LogP contribution in [0.25, 0.3) is 0 Å². The molecule has 0 amide bonds. The molecule has 1 aromatic carbocycles. The summed E-state index contributed by atoms with van der Waals surface area (Å²) < 4.78 is 2.08. The Bertz CT molecular complexity index is 379. The van der Waals surface area contributed by atoms with Crippen molar-refractivity contribution in [2.45, 2.75) is 26.7 Å². The van der Waals surface area contributed by atoms with E-state index in [2.05, 4.69) is 58.0 Å². The van der Waals surface area contributed by atoms with Gasteiger partial charge < -0.3 is 8.22 Å². The fourth-order valence-corrected chi connectivity index (χ4v) is 2.45. The van der Waals surface area contributed by atoms with Gasteiger partial charge in [-0.2, -0.15) is 0 Å². The summed E-state index contributed by atoms with van der Waals surface area (Å²) in [5, 5.41) is 8.57. The van der Waals surface area contributed by atoms with Crippen molar-refractivity contribution < 1.29 is 9.90 Å². The van der Waals surface area contributed by atoms with Gasteiger partial charge in [-0.05, 0) is 31.9 Å². The number of hydrogen-bond donors (Lipinski definition) is 1. The van der Waals surface area contributed by atoms with Crippen LogP contribution >= 0.6 is 22.9 Å². The molecule has 0 spiro atoms. The smallest absolute Gasteiger partial charge is 0.303 e. The second-order valence-electron chi connectivity index (χ2n) is 3.87. The number of benzene rings is 1. The maximum absolute atomic E-state index is 10.4. The van der Waals surface area contributed by atoms with E-state index in [1.54, 1.807) is 0 Å². The average molecular weight is 333 g/mol. The van der Waals surface area contributed by atoms with E-state index < -0.39 is 5.97 Å². The molecular weight excluding hydrogens is 317 g/mol. The molecule has 0 saturated heterocycles. The third-order valence-electron chi connectivity index (χ3n) is 2.36. The van der Waals surface area contributed by atoms with Gasteiger partial charge in [0.05, 0.1) is 22.9 Å². The number of halogens is 1. The number of hydrogen-bond acceptors (Lipinski definition) is 2. The van der Waals surface area contributed by atoms with E-state index in [0.717, 1.165) is 12.2 Å². The number of carbonyl (C=O) groups is 1. The third kappa shape index (κ3) is 4.00. The molecule has 0 radical (unpaired) electrons. The standard InChI is InChI=1S/C12H16INO2/c1-9-5-6-11(10(2)8-9)14(13)7-3-4-12(15)16/h5-6,8H,3-4,7H2,1-2H3,(H,15,16). The highest BCUT2D eigenvalue weighted by Gasteiger charge is 2.06. The van der Waals surface area contributed by atoms with Crippen molar-refractivity contribution in [2.24, 2.45) is 0 Å². The lowest BCUT2D eigenvalue weighted by atomic mass is 10.1. The maximum atomic E-state index is 10.4. The second kappa shape index (κ2) is 6.08. The van der Waals surface area contributed by atoms with E-state index in [4.69, 9.17) is 5.11 Å². The lowest BCUT2D eigenvalue weighted by Gasteiger charge is -2.18. The molecule has 0 aliphatic rings. The summed E-state index contributed by atoms with van der Waals surface area (Å²) in [6, 6.07) is 6.29. The van der Waals surface area contributed by atoms with Crippen molar-refractivity contribution in [3.05, 3.63) is 29.3 Å². The summed E-state index contributed by atoms with van der Waals surface area (Å²) in [4.78, 5) is 10.4. The van der Waals surface area contributed by atoms with E-state index >= 15 is 0 Å². The van der Waals surface area contributed by atoms with Crippen LogP contribution < -0.4 is 3.11 Å². The van der Waals surface area contributed by atoms with Crippen molar-refractivity contribution >= 4 is 34.5 Å². The van der Waals surface area contributed by atoms with Crippen LogP contribution in [0.2, 0.25) is 0 Å². The summed E-state index contributed by atoms with van der Waals surface area (Å²) in [6.07, 6.45) is 0.899. The highest BCUT2D eigenvalue weighted by Crippen LogP contribution is 2.24. The molecule has 0 aliphatic heterocycles. The number of rotatable bonds is 5. The summed E-state index contributed by atoms with van der Waals surface area (Å²) >= 11 is 2.23. The molecule has 3 nitrogen and oxygen atoms in total. The zero-order valence-electron chi connectivity index (χ0n) is 9.53. The number of nitrogens with zero attached hydrogens (tertiary/aromatic N) is 1. The molecule has 0 unspecified atom stereocenters. The van der Waals surface area contributed by atoms with Gasteiger partial charge in [-0.3, -0.25) is 4.79 Å². The Hall–Kier alpha value is -0.780. The van der Waals surface area contributed by atoms with Gasteiger partial charge >= 0.3 is 5.97 Å². The predicted molar refractivity (Wildman–Crippen MR) is 74.2 cm³/mol. The SMILES string of the molecule is Cc1ccc(N(I)CCCC(=O)O)c(C)c1. The van der Waals surface area contributed by atoms with E-state index in [1.165, 1.54) is 11.1 Å². The molecule has 0 atom stereocenters. The Balaban J connectivity index is 2.58. The van der Waals surface area contributed by atoms with Crippen LogP contribution in [-0.4, -0.2) is 17.6 Å². The number of carboxylic acid groups (broad SMARTS) is 1. The maximum Gasteiger partial charge on any atom is 0.303 e. The van der Waals surface area contributed by atoms with Gasteiger partial charge in [0.1, 0.15) is 0 Å². The molecule has 4 heteroatoms. The number of aryl methyl sites for hydroxylation is 2. The Morgan fingerprint density at radius 2 is 2.12 bits per heavy atom. The zero-order valence-corrected chi connectivity index (χ0v) is 11.7. The van der Waals surface area contributed by atoms with E-state index in [0.29, 0.717) is 6.42 Å². The fraction of sp³-hybridized carbons (Fsp3) is 0.417. The van der Waals surface area contributed by atoms with Gasteiger partial charge in [0.2, 0.25) is 0 Å². The summed E-state index contributed by atoms with van der Waals surface area (Å²) in [5.74, 6) is -0.731. The first kappa shape index (κ1) is 13.3. The predicted octanol–water partition coefficient (Wildman–Crippen LogP) is 3.32. The lowest BCUT2D eigenvalue weighted by Crippen LogP contribution is -2.13. The van der Waals surface area contributed by atoms with Crippen LogP contribution in [0.5, 0.6) is 0 Å². The Morgan fingerprint density at radius 1 is 1.44 bits per heavy atom. The van der Waals surface area contributed by atoms with Gasteiger partial charge in [-0.15, -0.1) is 0 Å². The Kier molecular flexibility index (Phi) is 5.05. The number of anilines is 1. The van der Waals surface area contributed by atoms with Crippen LogP contribution in [0, 0.1) is 13.8 Å². The topological polar surface area (TPSA) is 40.5 Å². The molecule has 1 aromatic rings. The molecular formula is C12H16INO2. The van der Waals surface area contributed by atoms with Crippen LogP contribution in [-0.2, 0) is 4.79 Å². The largest absolute Gasteiger partial charge is 0.481 e. The number of carboxylic acids is 1.